The smallest absolute Gasteiger partial charge is 0.295 e. The number of alkyl halides is 2. The quantitative estimate of drug-likeness (QED) is 0.483. The summed E-state index contributed by atoms with van der Waals surface area (Å²) in [5.41, 5.74) is 0.843. The van der Waals surface area contributed by atoms with E-state index in [4.69, 9.17) is 4.74 Å². The highest BCUT2D eigenvalue weighted by atomic mass is 19.3. The average Bonchev–Trinajstić information content (AvgIpc) is 2.46. The molecule has 0 aliphatic rings. The summed E-state index contributed by atoms with van der Waals surface area (Å²) in [6.45, 7) is -0.179. The monoisotopic (exact) mass is 297 g/mol. The number of aromatic nitrogens is 1. The van der Waals surface area contributed by atoms with Gasteiger partial charge in [-0.2, -0.15) is 0 Å². The molecule has 0 saturated heterocycles. The predicted octanol–water partition coefficient (Wildman–Crippen LogP) is 2.84. The normalized spacial score (nSPS) is 11.0. The van der Waals surface area contributed by atoms with Gasteiger partial charge in [-0.05, 0) is 18.2 Å². The molecule has 0 spiro atoms. The summed E-state index contributed by atoms with van der Waals surface area (Å²) in [5.74, 6) is 0. The molecule has 0 aliphatic heterocycles. The third-order valence-electron chi connectivity index (χ3n) is 2.75. The van der Waals surface area contributed by atoms with Crippen LogP contribution in [0.1, 0.15) is 0 Å². The lowest BCUT2D eigenvalue weighted by molar-refractivity contribution is -0.383. The SMILES string of the molecule is O=[N+]([O-])c1ccc(NCCOCC(F)F)c2cccnc12. The molecule has 6 nitrogen and oxygen atoms in total. The zero-order valence-electron chi connectivity index (χ0n) is 11.0. The minimum absolute atomic E-state index is 0.0786. The molecule has 0 atom stereocenters. The Kier molecular flexibility index (Phi) is 4.94. The van der Waals surface area contributed by atoms with E-state index in [9.17, 15) is 18.9 Å². The van der Waals surface area contributed by atoms with E-state index in [2.05, 4.69) is 10.3 Å². The van der Waals surface area contributed by atoms with E-state index >= 15 is 0 Å². The number of ether oxygens (including phenoxy) is 1. The van der Waals surface area contributed by atoms with Crippen LogP contribution in [0.25, 0.3) is 10.9 Å². The number of nitro benzene ring substituents is 1. The minimum Gasteiger partial charge on any atom is -0.382 e. The number of nitro groups is 1. The van der Waals surface area contributed by atoms with Gasteiger partial charge < -0.3 is 10.1 Å². The fourth-order valence-electron chi connectivity index (χ4n) is 1.89. The third kappa shape index (κ3) is 3.82. The van der Waals surface area contributed by atoms with Crippen LogP contribution < -0.4 is 5.32 Å². The summed E-state index contributed by atoms with van der Waals surface area (Å²) in [6, 6.07) is 6.30. The van der Waals surface area contributed by atoms with Gasteiger partial charge >= 0.3 is 0 Å². The van der Waals surface area contributed by atoms with Crippen LogP contribution in [0.15, 0.2) is 30.5 Å². The molecule has 21 heavy (non-hydrogen) atoms. The summed E-state index contributed by atoms with van der Waals surface area (Å²) >= 11 is 0. The molecular weight excluding hydrogens is 284 g/mol. The molecular formula is C13H13F2N3O3. The maximum atomic E-state index is 11.9. The summed E-state index contributed by atoms with van der Waals surface area (Å²) < 4.78 is 28.5. The van der Waals surface area contributed by atoms with Crippen molar-refractivity contribution in [2.45, 2.75) is 6.43 Å². The van der Waals surface area contributed by atoms with Crippen molar-refractivity contribution in [1.29, 1.82) is 0 Å². The molecule has 2 aromatic rings. The molecule has 1 aromatic carbocycles. The van der Waals surface area contributed by atoms with Crippen LogP contribution >= 0.6 is 0 Å². The molecule has 1 heterocycles. The summed E-state index contributed by atoms with van der Waals surface area (Å²) in [4.78, 5) is 14.5. The van der Waals surface area contributed by atoms with Crippen LogP contribution in [0.5, 0.6) is 0 Å². The topological polar surface area (TPSA) is 77.3 Å². The molecule has 1 N–H and O–H groups in total. The number of anilines is 1. The van der Waals surface area contributed by atoms with Crippen LogP contribution in [0, 0.1) is 10.1 Å². The predicted molar refractivity (Wildman–Crippen MR) is 73.7 cm³/mol. The largest absolute Gasteiger partial charge is 0.382 e. The zero-order valence-corrected chi connectivity index (χ0v) is 11.0. The second kappa shape index (κ2) is 6.89. The maximum absolute atomic E-state index is 11.9. The highest BCUT2D eigenvalue weighted by molar-refractivity contribution is 5.96. The van der Waals surface area contributed by atoms with Crippen LogP contribution in [0.2, 0.25) is 0 Å². The van der Waals surface area contributed by atoms with Crippen molar-refractivity contribution >= 4 is 22.3 Å². The van der Waals surface area contributed by atoms with Gasteiger partial charge in [-0.15, -0.1) is 0 Å². The molecule has 8 heteroatoms. The van der Waals surface area contributed by atoms with Gasteiger partial charge in [0.05, 0.1) is 11.5 Å². The van der Waals surface area contributed by atoms with Crippen molar-refractivity contribution in [3.05, 3.63) is 40.6 Å². The number of nitrogens with one attached hydrogen (secondary N) is 1. The van der Waals surface area contributed by atoms with Crippen molar-refractivity contribution in [1.82, 2.24) is 4.98 Å². The zero-order chi connectivity index (χ0) is 15.2. The van der Waals surface area contributed by atoms with E-state index in [1.54, 1.807) is 18.2 Å². The Morgan fingerprint density at radius 3 is 2.90 bits per heavy atom. The number of pyridine rings is 1. The lowest BCUT2D eigenvalue weighted by Crippen LogP contribution is -2.13. The lowest BCUT2D eigenvalue weighted by atomic mass is 10.1. The Morgan fingerprint density at radius 1 is 1.38 bits per heavy atom. The van der Waals surface area contributed by atoms with E-state index in [1.165, 1.54) is 12.3 Å². The highest BCUT2D eigenvalue weighted by Gasteiger charge is 2.14. The maximum Gasteiger partial charge on any atom is 0.295 e. The second-order valence-corrected chi connectivity index (χ2v) is 4.18. The van der Waals surface area contributed by atoms with Gasteiger partial charge in [-0.3, -0.25) is 10.1 Å². The van der Waals surface area contributed by atoms with Gasteiger partial charge in [0.1, 0.15) is 12.1 Å². The number of hydrogen-bond acceptors (Lipinski definition) is 5. The first-order valence-corrected chi connectivity index (χ1v) is 6.21. The van der Waals surface area contributed by atoms with Crippen LogP contribution in [0.4, 0.5) is 20.2 Å². The van der Waals surface area contributed by atoms with Crippen molar-refractivity contribution in [2.24, 2.45) is 0 Å². The molecule has 0 fully saturated rings. The van der Waals surface area contributed by atoms with Crippen molar-refractivity contribution in [3.8, 4) is 0 Å². The van der Waals surface area contributed by atoms with Gasteiger partial charge in [0.15, 0.2) is 0 Å². The summed E-state index contributed by atoms with van der Waals surface area (Å²) in [7, 11) is 0. The second-order valence-electron chi connectivity index (χ2n) is 4.18. The molecule has 0 radical (unpaired) electrons. The Labute approximate surface area is 118 Å². The number of halogens is 2. The molecule has 2 rings (SSSR count). The van der Waals surface area contributed by atoms with E-state index in [0.717, 1.165) is 0 Å². The minimum atomic E-state index is -2.49. The van der Waals surface area contributed by atoms with Gasteiger partial charge in [-0.25, -0.2) is 13.8 Å². The molecule has 112 valence electrons. The van der Waals surface area contributed by atoms with Gasteiger partial charge in [-0.1, -0.05) is 0 Å². The summed E-state index contributed by atoms with van der Waals surface area (Å²) in [5, 5.41) is 14.5. The Bertz CT molecular complexity index is 637. The van der Waals surface area contributed by atoms with E-state index in [-0.39, 0.29) is 17.8 Å². The van der Waals surface area contributed by atoms with Crippen LogP contribution in [-0.4, -0.2) is 36.1 Å². The lowest BCUT2D eigenvalue weighted by Gasteiger charge is -2.10. The van der Waals surface area contributed by atoms with Crippen LogP contribution in [0.3, 0.4) is 0 Å². The molecule has 0 unspecified atom stereocenters. The van der Waals surface area contributed by atoms with Crippen LogP contribution in [-0.2, 0) is 4.74 Å². The number of nitrogens with zero attached hydrogens (tertiary/aromatic N) is 2. The van der Waals surface area contributed by atoms with E-state index in [1.807, 2.05) is 0 Å². The number of hydrogen-bond donors (Lipinski definition) is 1. The Hall–Kier alpha value is -2.35. The first kappa shape index (κ1) is 15.0. The molecule has 0 saturated carbocycles. The average molecular weight is 297 g/mol. The first-order chi connectivity index (χ1) is 10.1. The molecule has 0 amide bonds. The third-order valence-corrected chi connectivity index (χ3v) is 2.75. The van der Waals surface area contributed by atoms with Gasteiger partial charge in [0.25, 0.3) is 12.1 Å². The fourth-order valence-corrected chi connectivity index (χ4v) is 1.89. The fraction of sp³-hybridized carbons (Fsp3) is 0.308. The number of non-ortho nitro benzene ring substituents is 1. The molecule has 0 aliphatic carbocycles. The van der Waals surface area contributed by atoms with E-state index < -0.39 is 18.0 Å². The van der Waals surface area contributed by atoms with Crippen molar-refractivity contribution in [3.63, 3.8) is 0 Å². The summed E-state index contributed by atoms with van der Waals surface area (Å²) in [6.07, 6.45) is -1.01. The number of fused-ring (bicyclic) bond motifs is 1. The number of benzene rings is 1. The number of rotatable bonds is 7. The van der Waals surface area contributed by atoms with Crippen molar-refractivity contribution in [2.75, 3.05) is 25.1 Å². The van der Waals surface area contributed by atoms with Gasteiger partial charge in [0.2, 0.25) is 0 Å². The standard InChI is InChI=1S/C13H13F2N3O3/c14-12(15)8-21-7-6-16-10-3-4-11(18(19)20)13-9(10)2-1-5-17-13/h1-5,12,16H,6-8H2. The Morgan fingerprint density at radius 2 is 2.19 bits per heavy atom. The van der Waals surface area contributed by atoms with Gasteiger partial charge in [0, 0.05) is 29.9 Å². The van der Waals surface area contributed by atoms with E-state index in [0.29, 0.717) is 17.6 Å². The highest BCUT2D eigenvalue weighted by Crippen LogP contribution is 2.29. The molecule has 1 aromatic heterocycles. The van der Waals surface area contributed by atoms with Crippen molar-refractivity contribution < 1.29 is 18.4 Å². The first-order valence-electron chi connectivity index (χ1n) is 6.21. The molecule has 0 bridgehead atoms. The Balaban J connectivity index is 2.11.